The quantitative estimate of drug-likeness (QED) is 0.638. The van der Waals surface area contributed by atoms with Crippen LogP contribution in [0.15, 0.2) is 29.3 Å². The van der Waals surface area contributed by atoms with Gasteiger partial charge >= 0.3 is 0 Å². The fraction of sp³-hybridized carbons (Fsp3) is 0.550. The highest BCUT2D eigenvalue weighted by Crippen LogP contribution is 2.20. The molecule has 1 fully saturated rings. The molecule has 1 saturated heterocycles. The van der Waals surface area contributed by atoms with E-state index in [1.165, 1.54) is 18.5 Å². The number of hydrogen-bond acceptors (Lipinski definition) is 5. The van der Waals surface area contributed by atoms with Gasteiger partial charge in [-0.15, -0.1) is 10.2 Å². The number of benzene rings is 1. The number of guanidine groups is 1. The van der Waals surface area contributed by atoms with Gasteiger partial charge in [0.25, 0.3) is 0 Å². The van der Waals surface area contributed by atoms with Crippen LogP contribution in [0.4, 0.5) is 5.69 Å². The molecule has 0 spiro atoms. The van der Waals surface area contributed by atoms with E-state index in [4.69, 9.17) is 4.74 Å². The molecule has 2 aromatic rings. The lowest BCUT2D eigenvalue weighted by molar-refractivity contribution is 0.371. The first-order valence-corrected chi connectivity index (χ1v) is 10.0. The predicted molar refractivity (Wildman–Crippen MR) is 110 cm³/mol. The van der Waals surface area contributed by atoms with Gasteiger partial charge in [-0.05, 0) is 37.1 Å². The zero-order chi connectivity index (χ0) is 19.3. The van der Waals surface area contributed by atoms with Crippen molar-refractivity contribution in [2.75, 3.05) is 45.2 Å². The molecular formula is C20H29N7O. The van der Waals surface area contributed by atoms with Gasteiger partial charge in [0.1, 0.15) is 11.6 Å². The van der Waals surface area contributed by atoms with Crippen molar-refractivity contribution < 1.29 is 4.74 Å². The van der Waals surface area contributed by atoms with Crippen LogP contribution in [0.25, 0.3) is 0 Å². The fourth-order valence-electron chi connectivity index (χ4n) is 3.96. The summed E-state index contributed by atoms with van der Waals surface area (Å²) in [6, 6.07) is 8.27. The number of aryl methyl sites for hydroxylation is 1. The molecule has 28 heavy (non-hydrogen) atoms. The van der Waals surface area contributed by atoms with Gasteiger partial charge in [-0.1, -0.05) is 0 Å². The first-order chi connectivity index (χ1) is 13.8. The van der Waals surface area contributed by atoms with Crippen LogP contribution in [0, 0.1) is 0 Å². The number of hydrogen-bond donors (Lipinski definition) is 1. The monoisotopic (exact) mass is 383 g/mol. The molecule has 2 aliphatic heterocycles. The summed E-state index contributed by atoms with van der Waals surface area (Å²) >= 11 is 0. The SMILES string of the molecule is CN=C(NCc1nnc2n1CCCC2)N1CCN(c2ccc(OC)cc2)CC1. The van der Waals surface area contributed by atoms with E-state index in [2.05, 4.69) is 47.0 Å². The molecule has 150 valence electrons. The third-order valence-electron chi connectivity index (χ3n) is 5.57. The van der Waals surface area contributed by atoms with Crippen molar-refractivity contribution in [1.82, 2.24) is 25.0 Å². The summed E-state index contributed by atoms with van der Waals surface area (Å²) in [5.41, 5.74) is 1.23. The Kier molecular flexibility index (Phi) is 5.64. The number of methoxy groups -OCH3 is 1. The minimum atomic E-state index is 0.665. The molecule has 1 aromatic heterocycles. The van der Waals surface area contributed by atoms with E-state index in [-0.39, 0.29) is 0 Å². The molecule has 3 heterocycles. The summed E-state index contributed by atoms with van der Waals surface area (Å²) in [6.07, 6.45) is 3.46. The second-order valence-corrected chi connectivity index (χ2v) is 7.21. The predicted octanol–water partition coefficient (Wildman–Crippen LogP) is 1.52. The van der Waals surface area contributed by atoms with Crippen LogP contribution < -0.4 is 15.0 Å². The largest absolute Gasteiger partial charge is 0.497 e. The van der Waals surface area contributed by atoms with E-state index >= 15 is 0 Å². The minimum Gasteiger partial charge on any atom is -0.497 e. The van der Waals surface area contributed by atoms with E-state index < -0.39 is 0 Å². The van der Waals surface area contributed by atoms with Crippen LogP contribution in [-0.4, -0.2) is 66.0 Å². The number of nitrogens with one attached hydrogen (secondary N) is 1. The Labute approximate surface area is 166 Å². The number of piperazine rings is 1. The first kappa shape index (κ1) is 18.6. The van der Waals surface area contributed by atoms with E-state index in [1.54, 1.807) is 7.11 Å². The average Bonchev–Trinajstić information content (AvgIpc) is 3.18. The molecule has 1 N–H and O–H groups in total. The lowest BCUT2D eigenvalue weighted by Gasteiger charge is -2.37. The lowest BCUT2D eigenvalue weighted by Crippen LogP contribution is -2.52. The highest BCUT2D eigenvalue weighted by molar-refractivity contribution is 5.80. The highest BCUT2D eigenvalue weighted by Gasteiger charge is 2.21. The van der Waals surface area contributed by atoms with Gasteiger partial charge in [-0.25, -0.2) is 0 Å². The normalized spacial score (nSPS) is 17.4. The first-order valence-electron chi connectivity index (χ1n) is 10.0. The number of rotatable bonds is 4. The number of aromatic nitrogens is 3. The average molecular weight is 384 g/mol. The molecule has 0 bridgehead atoms. The molecule has 0 saturated carbocycles. The second-order valence-electron chi connectivity index (χ2n) is 7.21. The third-order valence-corrected chi connectivity index (χ3v) is 5.57. The maximum atomic E-state index is 5.25. The summed E-state index contributed by atoms with van der Waals surface area (Å²) in [5.74, 6) is 3.95. The Morgan fingerprint density at radius 1 is 1.07 bits per heavy atom. The molecule has 0 unspecified atom stereocenters. The van der Waals surface area contributed by atoms with E-state index in [0.717, 1.165) is 62.5 Å². The van der Waals surface area contributed by atoms with Gasteiger partial charge in [-0.3, -0.25) is 4.99 Å². The molecule has 1 aromatic carbocycles. The molecule has 2 aliphatic rings. The van der Waals surface area contributed by atoms with Crippen LogP contribution in [0.3, 0.4) is 0 Å². The van der Waals surface area contributed by atoms with Gasteiger partial charge in [0.15, 0.2) is 11.8 Å². The minimum absolute atomic E-state index is 0.665. The molecule has 8 nitrogen and oxygen atoms in total. The van der Waals surface area contributed by atoms with Crippen LogP contribution in [-0.2, 0) is 19.5 Å². The standard InChI is InChI=1S/C20H29N7O/c1-21-20(22-15-19-24-23-18-5-3-4-10-27(18)19)26-13-11-25(12-14-26)16-6-8-17(28-2)9-7-16/h6-9H,3-5,10-15H2,1-2H3,(H,21,22). The Morgan fingerprint density at radius 2 is 1.86 bits per heavy atom. The number of ether oxygens (including phenoxy) is 1. The topological polar surface area (TPSA) is 70.8 Å². The summed E-state index contributed by atoms with van der Waals surface area (Å²) in [5, 5.41) is 12.2. The summed E-state index contributed by atoms with van der Waals surface area (Å²) < 4.78 is 7.51. The van der Waals surface area contributed by atoms with Crippen LogP contribution in [0.1, 0.15) is 24.5 Å². The second kappa shape index (κ2) is 8.50. The van der Waals surface area contributed by atoms with Gasteiger partial charge in [0, 0.05) is 51.9 Å². The van der Waals surface area contributed by atoms with Crippen molar-refractivity contribution in [3.63, 3.8) is 0 Å². The van der Waals surface area contributed by atoms with Crippen molar-refractivity contribution in [2.24, 2.45) is 4.99 Å². The zero-order valence-corrected chi connectivity index (χ0v) is 16.8. The summed E-state index contributed by atoms with van der Waals surface area (Å²) in [7, 11) is 3.54. The van der Waals surface area contributed by atoms with E-state index in [9.17, 15) is 0 Å². The number of fused-ring (bicyclic) bond motifs is 1. The van der Waals surface area contributed by atoms with Crippen molar-refractivity contribution in [1.29, 1.82) is 0 Å². The number of anilines is 1. The smallest absolute Gasteiger partial charge is 0.194 e. The molecule has 8 heteroatoms. The molecule has 0 amide bonds. The summed E-state index contributed by atoms with van der Waals surface area (Å²) in [4.78, 5) is 9.20. The Hall–Kier alpha value is -2.77. The van der Waals surface area contributed by atoms with Crippen LogP contribution in [0.2, 0.25) is 0 Å². The maximum absolute atomic E-state index is 5.25. The van der Waals surface area contributed by atoms with Gasteiger partial charge < -0.3 is 24.4 Å². The van der Waals surface area contributed by atoms with Crippen LogP contribution in [0.5, 0.6) is 5.75 Å². The number of nitrogens with zero attached hydrogens (tertiary/aromatic N) is 6. The molecule has 0 radical (unpaired) electrons. The summed E-state index contributed by atoms with van der Waals surface area (Å²) in [6.45, 7) is 5.49. The zero-order valence-electron chi connectivity index (χ0n) is 16.8. The number of aliphatic imine (C=N–C) groups is 1. The van der Waals surface area contributed by atoms with Crippen molar-refractivity contribution in [3.05, 3.63) is 35.9 Å². The molecular weight excluding hydrogens is 354 g/mol. The van der Waals surface area contributed by atoms with E-state index in [1.807, 2.05) is 19.2 Å². The third kappa shape index (κ3) is 3.90. The molecule has 4 rings (SSSR count). The van der Waals surface area contributed by atoms with Crippen molar-refractivity contribution in [2.45, 2.75) is 32.4 Å². The van der Waals surface area contributed by atoms with Crippen molar-refractivity contribution >= 4 is 11.6 Å². The molecule has 0 aliphatic carbocycles. The van der Waals surface area contributed by atoms with E-state index in [0.29, 0.717) is 6.54 Å². The van der Waals surface area contributed by atoms with Crippen molar-refractivity contribution in [3.8, 4) is 5.75 Å². The van der Waals surface area contributed by atoms with Gasteiger partial charge in [0.2, 0.25) is 0 Å². The molecule has 0 atom stereocenters. The van der Waals surface area contributed by atoms with Gasteiger partial charge in [0.05, 0.1) is 13.7 Å². The fourth-order valence-corrected chi connectivity index (χ4v) is 3.96. The maximum Gasteiger partial charge on any atom is 0.194 e. The lowest BCUT2D eigenvalue weighted by atomic mass is 10.2. The van der Waals surface area contributed by atoms with Crippen LogP contribution >= 0.6 is 0 Å². The van der Waals surface area contributed by atoms with Gasteiger partial charge in [-0.2, -0.15) is 0 Å². The Morgan fingerprint density at radius 3 is 2.57 bits per heavy atom. The Bertz CT molecular complexity index is 806. The highest BCUT2D eigenvalue weighted by atomic mass is 16.5. The Balaban J connectivity index is 1.32.